The summed E-state index contributed by atoms with van der Waals surface area (Å²) in [5.74, 6) is -0.356. The van der Waals surface area contributed by atoms with Gasteiger partial charge in [0.2, 0.25) is 5.82 Å². The topological polar surface area (TPSA) is 96.0 Å². The number of halogens is 1. The van der Waals surface area contributed by atoms with Crippen LogP contribution in [0.5, 0.6) is 0 Å². The first-order valence-electron chi connectivity index (χ1n) is 6.81. The molecular formula is C15H10FN7. The van der Waals surface area contributed by atoms with Gasteiger partial charge in [-0.3, -0.25) is 4.98 Å². The largest absolute Gasteiger partial charge is 0.351 e. The maximum atomic E-state index is 14.5. The zero-order valence-electron chi connectivity index (χ0n) is 11.7. The van der Waals surface area contributed by atoms with E-state index < -0.39 is 5.82 Å². The fourth-order valence-electron chi connectivity index (χ4n) is 2.44. The molecular weight excluding hydrogens is 297 g/mol. The number of rotatable bonds is 3. The van der Waals surface area contributed by atoms with E-state index in [0.717, 1.165) is 11.8 Å². The second kappa shape index (κ2) is 5.41. The molecule has 0 unspecified atom stereocenters. The van der Waals surface area contributed by atoms with Crippen molar-refractivity contribution in [2.45, 2.75) is 0 Å². The van der Waals surface area contributed by atoms with Gasteiger partial charge in [-0.05, 0) is 10.8 Å². The van der Waals surface area contributed by atoms with E-state index in [-0.39, 0.29) is 11.4 Å². The molecule has 0 saturated heterocycles. The molecule has 3 heterocycles. The van der Waals surface area contributed by atoms with Crippen LogP contribution in [0.4, 0.5) is 4.39 Å². The van der Waals surface area contributed by atoms with Crippen LogP contribution in [0.15, 0.2) is 49.1 Å². The summed E-state index contributed by atoms with van der Waals surface area (Å²) >= 11 is 0. The van der Waals surface area contributed by atoms with Gasteiger partial charge in [0.1, 0.15) is 5.69 Å². The minimum atomic E-state index is -0.524. The van der Waals surface area contributed by atoms with Gasteiger partial charge >= 0.3 is 0 Å². The highest BCUT2D eigenvalue weighted by atomic mass is 19.1. The second-order valence-corrected chi connectivity index (χ2v) is 4.76. The summed E-state index contributed by atoms with van der Waals surface area (Å²) in [4.78, 5) is 11.3. The van der Waals surface area contributed by atoms with E-state index in [9.17, 15) is 4.39 Å². The first-order valence-corrected chi connectivity index (χ1v) is 6.81. The zero-order chi connectivity index (χ0) is 15.6. The summed E-state index contributed by atoms with van der Waals surface area (Å²) in [6.07, 6.45) is 4.39. The van der Waals surface area contributed by atoms with Gasteiger partial charge in [-0.15, -0.1) is 10.2 Å². The van der Waals surface area contributed by atoms with Crippen LogP contribution in [0.2, 0.25) is 0 Å². The molecule has 8 heteroatoms. The molecule has 0 atom stereocenters. The van der Waals surface area contributed by atoms with Crippen molar-refractivity contribution in [3.05, 3.63) is 54.9 Å². The maximum Gasteiger partial charge on any atom is 0.208 e. The summed E-state index contributed by atoms with van der Waals surface area (Å²) in [6.45, 7) is 0. The Bertz CT molecular complexity index is 918. The zero-order valence-corrected chi connectivity index (χ0v) is 11.7. The number of pyridine rings is 1. The second-order valence-electron chi connectivity index (χ2n) is 4.76. The number of tetrazole rings is 1. The molecule has 0 spiro atoms. The Morgan fingerprint density at radius 2 is 1.87 bits per heavy atom. The molecule has 0 fully saturated rings. The Kier molecular flexibility index (Phi) is 3.12. The van der Waals surface area contributed by atoms with Crippen LogP contribution in [0.25, 0.3) is 33.9 Å². The van der Waals surface area contributed by atoms with Crippen molar-refractivity contribution in [2.75, 3.05) is 0 Å². The van der Waals surface area contributed by atoms with Crippen molar-refractivity contribution < 1.29 is 4.39 Å². The SMILES string of the molecule is Fc1cnc(-c2c[nH]cn2)c(-c2ccccc2)c1-c1nn[nH]n1. The molecule has 0 aliphatic carbocycles. The summed E-state index contributed by atoms with van der Waals surface area (Å²) < 4.78 is 14.5. The quantitative estimate of drug-likeness (QED) is 0.606. The van der Waals surface area contributed by atoms with Gasteiger partial charge in [0, 0.05) is 11.8 Å². The van der Waals surface area contributed by atoms with Gasteiger partial charge in [-0.25, -0.2) is 9.37 Å². The van der Waals surface area contributed by atoms with Crippen molar-refractivity contribution >= 4 is 0 Å². The third-order valence-corrected chi connectivity index (χ3v) is 3.40. The van der Waals surface area contributed by atoms with Gasteiger partial charge in [0.25, 0.3) is 0 Å². The average Bonchev–Trinajstić information content (AvgIpc) is 3.29. The molecule has 23 heavy (non-hydrogen) atoms. The Balaban J connectivity index is 2.08. The number of hydrogen-bond acceptors (Lipinski definition) is 5. The molecule has 0 aliphatic rings. The lowest BCUT2D eigenvalue weighted by Gasteiger charge is -2.12. The van der Waals surface area contributed by atoms with E-state index in [2.05, 4.69) is 35.6 Å². The van der Waals surface area contributed by atoms with Gasteiger partial charge < -0.3 is 4.98 Å². The van der Waals surface area contributed by atoms with E-state index in [1.165, 1.54) is 0 Å². The average molecular weight is 307 g/mol. The van der Waals surface area contributed by atoms with Gasteiger partial charge in [-0.2, -0.15) is 5.21 Å². The number of nitrogens with zero attached hydrogens (tertiary/aromatic N) is 5. The fourth-order valence-corrected chi connectivity index (χ4v) is 2.44. The normalized spacial score (nSPS) is 10.8. The third-order valence-electron chi connectivity index (χ3n) is 3.40. The van der Waals surface area contributed by atoms with Crippen molar-refractivity contribution in [1.82, 2.24) is 35.6 Å². The van der Waals surface area contributed by atoms with E-state index >= 15 is 0 Å². The summed E-state index contributed by atoms with van der Waals surface area (Å²) in [5.41, 5.74) is 2.74. The lowest BCUT2D eigenvalue weighted by Crippen LogP contribution is -1.98. The Hall–Kier alpha value is -3.42. The van der Waals surface area contributed by atoms with Gasteiger partial charge in [0.05, 0.1) is 23.8 Å². The van der Waals surface area contributed by atoms with Crippen LogP contribution in [0.1, 0.15) is 0 Å². The van der Waals surface area contributed by atoms with Crippen molar-refractivity contribution in [2.24, 2.45) is 0 Å². The predicted octanol–water partition coefficient (Wildman–Crippen LogP) is 2.46. The lowest BCUT2D eigenvalue weighted by atomic mass is 9.96. The number of aromatic nitrogens is 7. The molecule has 0 aliphatic heterocycles. The maximum absolute atomic E-state index is 14.5. The number of benzene rings is 1. The Morgan fingerprint density at radius 1 is 1.00 bits per heavy atom. The Morgan fingerprint density at radius 3 is 2.57 bits per heavy atom. The lowest BCUT2D eigenvalue weighted by molar-refractivity contribution is 0.624. The minimum Gasteiger partial charge on any atom is -0.351 e. The first-order chi connectivity index (χ1) is 11.3. The third kappa shape index (κ3) is 2.26. The number of nitrogens with one attached hydrogen (secondary N) is 2. The number of hydrogen-bond donors (Lipinski definition) is 2. The molecule has 4 aromatic rings. The Labute approximate surface area is 129 Å². The van der Waals surface area contributed by atoms with E-state index in [1.54, 1.807) is 12.5 Å². The first kappa shape index (κ1) is 13.3. The number of imidazole rings is 1. The van der Waals surface area contributed by atoms with Gasteiger partial charge in [0.15, 0.2) is 5.82 Å². The van der Waals surface area contributed by atoms with Crippen molar-refractivity contribution in [1.29, 1.82) is 0 Å². The molecule has 0 radical (unpaired) electrons. The van der Waals surface area contributed by atoms with Crippen LogP contribution >= 0.6 is 0 Å². The van der Waals surface area contributed by atoms with Crippen molar-refractivity contribution in [3.8, 4) is 33.9 Å². The molecule has 0 bridgehead atoms. The predicted molar refractivity (Wildman–Crippen MR) is 80.4 cm³/mol. The van der Waals surface area contributed by atoms with E-state index in [0.29, 0.717) is 17.0 Å². The van der Waals surface area contributed by atoms with E-state index in [4.69, 9.17) is 0 Å². The van der Waals surface area contributed by atoms with Crippen LogP contribution < -0.4 is 0 Å². The molecule has 7 nitrogen and oxygen atoms in total. The van der Waals surface area contributed by atoms with Crippen LogP contribution in [0.3, 0.4) is 0 Å². The monoisotopic (exact) mass is 307 g/mol. The smallest absolute Gasteiger partial charge is 0.208 e. The summed E-state index contributed by atoms with van der Waals surface area (Å²) in [5, 5.41) is 13.7. The number of H-pyrrole nitrogens is 2. The summed E-state index contributed by atoms with van der Waals surface area (Å²) in [6, 6.07) is 9.37. The minimum absolute atomic E-state index is 0.167. The van der Waals surface area contributed by atoms with Crippen LogP contribution in [-0.2, 0) is 0 Å². The molecule has 0 saturated carbocycles. The van der Waals surface area contributed by atoms with Gasteiger partial charge in [-0.1, -0.05) is 30.3 Å². The molecule has 112 valence electrons. The highest BCUT2D eigenvalue weighted by Gasteiger charge is 2.22. The highest BCUT2D eigenvalue weighted by Crippen LogP contribution is 2.37. The van der Waals surface area contributed by atoms with Crippen molar-refractivity contribution in [3.63, 3.8) is 0 Å². The van der Waals surface area contributed by atoms with Crippen LogP contribution in [-0.4, -0.2) is 35.6 Å². The van der Waals surface area contributed by atoms with E-state index in [1.807, 2.05) is 30.3 Å². The molecule has 3 aromatic heterocycles. The number of aromatic amines is 2. The molecule has 0 amide bonds. The summed E-state index contributed by atoms with van der Waals surface area (Å²) in [7, 11) is 0. The standard InChI is InChI=1S/C15H10FN7/c16-10-6-18-14(11-7-17-8-19-11)12(9-4-2-1-3-5-9)13(10)15-20-22-23-21-15/h1-8H,(H,17,19)(H,20,21,22,23). The fraction of sp³-hybridized carbons (Fsp3) is 0. The highest BCUT2D eigenvalue weighted by molar-refractivity contribution is 5.90. The molecule has 4 rings (SSSR count). The van der Waals surface area contributed by atoms with Crippen LogP contribution in [0, 0.1) is 5.82 Å². The molecule has 2 N–H and O–H groups in total. The molecule has 1 aromatic carbocycles.